The van der Waals surface area contributed by atoms with E-state index in [9.17, 15) is 21.6 Å². The molecule has 2 aromatic carbocycles. The van der Waals surface area contributed by atoms with Gasteiger partial charge in [0.05, 0.1) is 9.79 Å². The summed E-state index contributed by atoms with van der Waals surface area (Å²) in [7, 11) is -7.91. The molecule has 2 aromatic rings. The maximum absolute atomic E-state index is 12.5. The summed E-state index contributed by atoms with van der Waals surface area (Å²) in [5.41, 5.74) is 0.159. The summed E-state index contributed by atoms with van der Waals surface area (Å²) in [6.07, 6.45) is 0. The van der Waals surface area contributed by atoms with Gasteiger partial charge in [0.2, 0.25) is 5.91 Å². The molecule has 1 aliphatic heterocycles. The number of hydrogen-bond donors (Lipinski definition) is 2. The molecule has 11 heteroatoms. The molecule has 1 heterocycles. The van der Waals surface area contributed by atoms with Gasteiger partial charge >= 0.3 is 0 Å². The van der Waals surface area contributed by atoms with Crippen molar-refractivity contribution < 1.29 is 31.1 Å². The minimum atomic E-state index is -3.99. The molecule has 0 unspecified atom stereocenters. The summed E-state index contributed by atoms with van der Waals surface area (Å²) in [4.78, 5) is 10.8. The molecule has 1 amide bonds. The Morgan fingerprint density at radius 2 is 1.44 bits per heavy atom. The minimum absolute atomic E-state index is 0.0262. The topological polar surface area (TPSA) is 128 Å². The Morgan fingerprint density at radius 3 is 2.07 bits per heavy atom. The third-order valence-corrected chi connectivity index (χ3v) is 6.35. The number of ether oxygens (including phenoxy) is 2. The number of fused-ring (bicyclic) bond motifs is 1. The van der Waals surface area contributed by atoms with Crippen molar-refractivity contribution in [1.82, 2.24) is 4.72 Å². The molecule has 0 saturated heterocycles. The Balaban J connectivity index is 1.81. The van der Waals surface area contributed by atoms with Gasteiger partial charge in [-0.05, 0) is 36.4 Å². The smallest absolute Gasteiger partial charge is 0.264 e. The molecular formula is C16H16N2O7S2. The van der Waals surface area contributed by atoms with E-state index in [2.05, 4.69) is 4.72 Å². The summed E-state index contributed by atoms with van der Waals surface area (Å²) in [5, 5.41) is 0. The molecule has 144 valence electrons. The zero-order chi connectivity index (χ0) is 19.7. The molecule has 0 aliphatic carbocycles. The standard InChI is InChI=1S/C16H16N2O7S2/c1-11(19)17-26(20,21)13-4-2-12(3-5-13)18-27(22,23)14-6-7-15-16(10-14)25-9-8-24-15/h2-7,10,18H,8-9H2,1H3,(H,17,19). The van der Waals surface area contributed by atoms with Crippen LogP contribution in [0, 0.1) is 0 Å². The van der Waals surface area contributed by atoms with Crippen LogP contribution in [0.3, 0.4) is 0 Å². The molecule has 1 aliphatic rings. The van der Waals surface area contributed by atoms with Gasteiger partial charge < -0.3 is 9.47 Å². The maximum atomic E-state index is 12.5. The molecule has 3 rings (SSSR count). The normalized spacial score (nSPS) is 13.7. The lowest BCUT2D eigenvalue weighted by atomic mass is 10.3. The van der Waals surface area contributed by atoms with E-state index in [0.717, 1.165) is 6.92 Å². The van der Waals surface area contributed by atoms with Crippen molar-refractivity contribution in [1.29, 1.82) is 0 Å². The Kier molecular flexibility index (Phi) is 4.98. The SMILES string of the molecule is CC(=O)NS(=O)(=O)c1ccc(NS(=O)(=O)c2ccc3c(c2)OCCO3)cc1. The Morgan fingerprint density at radius 1 is 0.852 bits per heavy atom. The van der Waals surface area contributed by atoms with Gasteiger partial charge in [0.25, 0.3) is 20.0 Å². The number of rotatable bonds is 5. The molecular weight excluding hydrogens is 396 g/mol. The van der Waals surface area contributed by atoms with E-state index in [1.807, 2.05) is 4.72 Å². The largest absolute Gasteiger partial charge is 0.486 e. The van der Waals surface area contributed by atoms with Crippen molar-refractivity contribution in [3.05, 3.63) is 42.5 Å². The van der Waals surface area contributed by atoms with Crippen molar-refractivity contribution in [3.8, 4) is 11.5 Å². The third kappa shape index (κ3) is 4.31. The fourth-order valence-corrected chi connectivity index (χ4v) is 4.42. The summed E-state index contributed by atoms with van der Waals surface area (Å²) < 4.78 is 63.8. The predicted molar refractivity (Wildman–Crippen MR) is 95.7 cm³/mol. The molecule has 27 heavy (non-hydrogen) atoms. The lowest BCUT2D eigenvalue weighted by molar-refractivity contribution is -0.117. The summed E-state index contributed by atoms with van der Waals surface area (Å²) in [6.45, 7) is 1.80. The number of anilines is 1. The van der Waals surface area contributed by atoms with Crippen LogP contribution < -0.4 is 18.9 Å². The molecule has 0 saturated carbocycles. The Bertz CT molecular complexity index is 1080. The molecule has 0 bridgehead atoms. The van der Waals surface area contributed by atoms with Gasteiger partial charge in [0.1, 0.15) is 13.2 Å². The van der Waals surface area contributed by atoms with Crippen molar-refractivity contribution in [3.63, 3.8) is 0 Å². The number of amides is 1. The van der Waals surface area contributed by atoms with E-state index in [-0.39, 0.29) is 15.5 Å². The highest BCUT2D eigenvalue weighted by atomic mass is 32.2. The fraction of sp³-hybridized carbons (Fsp3) is 0.188. The van der Waals surface area contributed by atoms with E-state index in [1.165, 1.54) is 42.5 Å². The van der Waals surface area contributed by atoms with Gasteiger partial charge in [-0.3, -0.25) is 9.52 Å². The molecule has 9 nitrogen and oxygen atoms in total. The van der Waals surface area contributed by atoms with Crippen LogP contribution in [-0.2, 0) is 24.8 Å². The number of nitrogens with one attached hydrogen (secondary N) is 2. The number of sulfonamides is 2. The first kappa shape index (κ1) is 19.0. The van der Waals surface area contributed by atoms with Crippen LogP contribution in [0.1, 0.15) is 6.92 Å². The van der Waals surface area contributed by atoms with Gasteiger partial charge in [-0.2, -0.15) is 0 Å². The zero-order valence-electron chi connectivity index (χ0n) is 14.1. The second-order valence-electron chi connectivity index (χ2n) is 5.60. The van der Waals surface area contributed by atoms with Crippen LogP contribution in [0.4, 0.5) is 5.69 Å². The quantitative estimate of drug-likeness (QED) is 0.752. The van der Waals surface area contributed by atoms with E-state index in [0.29, 0.717) is 24.7 Å². The number of benzene rings is 2. The Hall–Kier alpha value is -2.79. The predicted octanol–water partition coefficient (Wildman–Crippen LogP) is 1.08. The molecule has 2 N–H and O–H groups in total. The van der Waals surface area contributed by atoms with Crippen molar-refractivity contribution in [2.45, 2.75) is 16.7 Å². The Labute approximate surface area is 156 Å². The first-order chi connectivity index (χ1) is 12.7. The highest BCUT2D eigenvalue weighted by Gasteiger charge is 2.20. The molecule has 0 spiro atoms. The number of hydrogen-bond acceptors (Lipinski definition) is 7. The van der Waals surface area contributed by atoms with E-state index in [1.54, 1.807) is 0 Å². The van der Waals surface area contributed by atoms with Crippen molar-refractivity contribution >= 4 is 31.6 Å². The lowest BCUT2D eigenvalue weighted by Gasteiger charge is -2.19. The van der Waals surface area contributed by atoms with Gasteiger partial charge in [0, 0.05) is 18.7 Å². The second kappa shape index (κ2) is 7.08. The van der Waals surface area contributed by atoms with Crippen molar-refractivity contribution in [2.75, 3.05) is 17.9 Å². The minimum Gasteiger partial charge on any atom is -0.486 e. The number of carbonyl (C=O) groups excluding carboxylic acids is 1. The van der Waals surface area contributed by atoms with Gasteiger partial charge in [0.15, 0.2) is 11.5 Å². The highest BCUT2D eigenvalue weighted by Crippen LogP contribution is 2.32. The van der Waals surface area contributed by atoms with Gasteiger partial charge in [-0.15, -0.1) is 0 Å². The van der Waals surface area contributed by atoms with Crippen LogP contribution in [0.15, 0.2) is 52.3 Å². The van der Waals surface area contributed by atoms with E-state index >= 15 is 0 Å². The van der Waals surface area contributed by atoms with Crippen LogP contribution in [0.25, 0.3) is 0 Å². The van der Waals surface area contributed by atoms with E-state index in [4.69, 9.17) is 9.47 Å². The van der Waals surface area contributed by atoms with Crippen LogP contribution in [0.2, 0.25) is 0 Å². The van der Waals surface area contributed by atoms with E-state index < -0.39 is 26.0 Å². The first-order valence-corrected chi connectivity index (χ1v) is 10.7. The molecule has 0 aromatic heterocycles. The monoisotopic (exact) mass is 412 g/mol. The molecule has 0 atom stereocenters. The molecule has 0 fully saturated rings. The number of carbonyl (C=O) groups is 1. The average molecular weight is 412 g/mol. The average Bonchev–Trinajstić information content (AvgIpc) is 2.60. The summed E-state index contributed by atoms with van der Waals surface area (Å²) in [5.74, 6) is 0.0759. The lowest BCUT2D eigenvalue weighted by Crippen LogP contribution is -2.28. The highest BCUT2D eigenvalue weighted by molar-refractivity contribution is 7.92. The fourth-order valence-electron chi connectivity index (χ4n) is 2.36. The van der Waals surface area contributed by atoms with Crippen LogP contribution in [0.5, 0.6) is 11.5 Å². The van der Waals surface area contributed by atoms with Crippen LogP contribution >= 0.6 is 0 Å². The first-order valence-electron chi connectivity index (χ1n) is 7.73. The van der Waals surface area contributed by atoms with Crippen molar-refractivity contribution in [2.24, 2.45) is 0 Å². The van der Waals surface area contributed by atoms with Gasteiger partial charge in [-0.25, -0.2) is 21.6 Å². The third-order valence-electron chi connectivity index (χ3n) is 3.52. The second-order valence-corrected chi connectivity index (χ2v) is 8.96. The summed E-state index contributed by atoms with van der Waals surface area (Å²) >= 11 is 0. The zero-order valence-corrected chi connectivity index (χ0v) is 15.8. The summed E-state index contributed by atoms with van der Waals surface area (Å²) in [6, 6.07) is 9.18. The van der Waals surface area contributed by atoms with Gasteiger partial charge in [-0.1, -0.05) is 0 Å². The van der Waals surface area contributed by atoms with Crippen LogP contribution in [-0.4, -0.2) is 36.0 Å². The molecule has 0 radical (unpaired) electrons. The maximum Gasteiger partial charge on any atom is 0.264 e.